The molecule has 0 N–H and O–H groups in total. The molecular formula is C11H8N2S. The molecule has 0 spiro atoms. The summed E-state index contributed by atoms with van der Waals surface area (Å²) < 4.78 is 0. The lowest BCUT2D eigenvalue weighted by molar-refractivity contribution is 0.932. The van der Waals surface area contributed by atoms with Gasteiger partial charge in [0.15, 0.2) is 0 Å². The molecule has 0 aliphatic carbocycles. The summed E-state index contributed by atoms with van der Waals surface area (Å²) in [5.74, 6) is 0. The van der Waals surface area contributed by atoms with E-state index in [-0.39, 0.29) is 0 Å². The summed E-state index contributed by atoms with van der Waals surface area (Å²) in [4.78, 5) is 10.8. The molecule has 1 aromatic carbocycles. The Morgan fingerprint density at radius 2 is 2.07 bits per heavy atom. The predicted molar refractivity (Wildman–Crippen MR) is 55.4 cm³/mol. The van der Waals surface area contributed by atoms with Gasteiger partial charge < -0.3 is 0 Å². The first-order valence-electron chi connectivity index (χ1n) is 4.48. The van der Waals surface area contributed by atoms with Gasteiger partial charge in [-0.25, -0.2) is 9.97 Å². The Morgan fingerprint density at radius 1 is 1.14 bits per heavy atom. The molecule has 1 aliphatic rings. The average Bonchev–Trinajstić information content (AvgIpc) is 2.26. The first-order valence-corrected chi connectivity index (χ1v) is 5.30. The maximum absolute atomic E-state index is 4.29. The third-order valence-electron chi connectivity index (χ3n) is 2.31. The zero-order valence-electron chi connectivity index (χ0n) is 7.47. The van der Waals surface area contributed by atoms with Crippen molar-refractivity contribution in [3.05, 3.63) is 48.0 Å². The Labute approximate surface area is 86.4 Å². The van der Waals surface area contributed by atoms with E-state index < -0.39 is 0 Å². The second kappa shape index (κ2) is 3.10. The minimum Gasteiger partial charge on any atom is -0.244 e. The Morgan fingerprint density at radius 3 is 3.07 bits per heavy atom. The number of fused-ring (bicyclic) bond motifs is 2. The molecule has 2 nitrogen and oxygen atoms in total. The number of benzene rings is 1. The van der Waals surface area contributed by atoms with Gasteiger partial charge in [-0.3, -0.25) is 0 Å². The van der Waals surface area contributed by atoms with Gasteiger partial charge in [-0.2, -0.15) is 0 Å². The molecule has 0 saturated carbocycles. The first-order chi connectivity index (χ1) is 6.93. The summed E-state index contributed by atoms with van der Waals surface area (Å²) in [6, 6.07) is 8.45. The van der Waals surface area contributed by atoms with Gasteiger partial charge in [0.2, 0.25) is 0 Å². The number of aromatic nitrogens is 2. The highest BCUT2D eigenvalue weighted by Crippen LogP contribution is 2.37. The molecule has 0 bridgehead atoms. The van der Waals surface area contributed by atoms with Crippen LogP contribution in [0.15, 0.2) is 46.6 Å². The Balaban J connectivity index is 2.12. The standard InChI is InChI=1S/C11H8N2S/c1-2-4-10-8(3-1)5-9-11(14-10)6-12-7-13-9/h1-4,6-7H,5H2. The number of rotatable bonds is 0. The SMILES string of the molecule is c1ccc2c(c1)Cc1ncncc1S2. The summed E-state index contributed by atoms with van der Waals surface area (Å²) in [7, 11) is 0. The molecular weight excluding hydrogens is 192 g/mol. The van der Waals surface area contributed by atoms with E-state index in [1.165, 1.54) is 15.4 Å². The van der Waals surface area contributed by atoms with Crippen LogP contribution in [0.1, 0.15) is 11.3 Å². The summed E-state index contributed by atoms with van der Waals surface area (Å²) >= 11 is 1.76. The van der Waals surface area contributed by atoms with Crippen LogP contribution < -0.4 is 0 Å². The summed E-state index contributed by atoms with van der Waals surface area (Å²) in [5, 5.41) is 0. The van der Waals surface area contributed by atoms with Crippen LogP contribution >= 0.6 is 11.8 Å². The molecule has 0 saturated heterocycles. The van der Waals surface area contributed by atoms with Crippen LogP contribution in [-0.4, -0.2) is 9.97 Å². The minimum atomic E-state index is 0.932. The van der Waals surface area contributed by atoms with Crippen molar-refractivity contribution in [2.45, 2.75) is 16.2 Å². The van der Waals surface area contributed by atoms with Crippen LogP contribution in [0.25, 0.3) is 0 Å². The second-order valence-corrected chi connectivity index (χ2v) is 4.30. The van der Waals surface area contributed by atoms with Crippen molar-refractivity contribution in [1.82, 2.24) is 9.97 Å². The van der Waals surface area contributed by atoms with Crippen molar-refractivity contribution in [2.24, 2.45) is 0 Å². The minimum absolute atomic E-state index is 0.932. The van der Waals surface area contributed by atoms with E-state index in [0.29, 0.717) is 0 Å². The lowest BCUT2D eigenvalue weighted by Crippen LogP contribution is -2.02. The molecule has 14 heavy (non-hydrogen) atoms. The van der Waals surface area contributed by atoms with Crippen LogP contribution in [0.3, 0.4) is 0 Å². The van der Waals surface area contributed by atoms with E-state index in [1.807, 2.05) is 6.20 Å². The van der Waals surface area contributed by atoms with Gasteiger partial charge in [-0.05, 0) is 11.6 Å². The molecule has 0 amide bonds. The van der Waals surface area contributed by atoms with Crippen molar-refractivity contribution in [3.8, 4) is 0 Å². The maximum atomic E-state index is 4.29. The van der Waals surface area contributed by atoms with Crippen LogP contribution in [0.4, 0.5) is 0 Å². The lowest BCUT2D eigenvalue weighted by atomic mass is 10.1. The van der Waals surface area contributed by atoms with Gasteiger partial charge in [0.05, 0.1) is 10.6 Å². The Bertz CT molecular complexity index is 395. The molecule has 3 heteroatoms. The number of nitrogens with zero attached hydrogens (tertiary/aromatic N) is 2. The van der Waals surface area contributed by atoms with Gasteiger partial charge in [-0.15, -0.1) is 0 Å². The van der Waals surface area contributed by atoms with Crippen molar-refractivity contribution in [2.75, 3.05) is 0 Å². The van der Waals surface area contributed by atoms with Gasteiger partial charge in [0.25, 0.3) is 0 Å². The first kappa shape index (κ1) is 8.00. The van der Waals surface area contributed by atoms with Crippen LogP contribution in [0, 0.1) is 0 Å². The van der Waals surface area contributed by atoms with E-state index in [0.717, 1.165) is 12.1 Å². The number of hydrogen-bond acceptors (Lipinski definition) is 3. The third kappa shape index (κ3) is 1.21. The van der Waals surface area contributed by atoms with Crippen LogP contribution in [0.2, 0.25) is 0 Å². The van der Waals surface area contributed by atoms with Gasteiger partial charge in [0, 0.05) is 17.5 Å². The molecule has 68 valence electrons. The smallest absolute Gasteiger partial charge is 0.115 e. The summed E-state index contributed by atoms with van der Waals surface area (Å²) in [6.45, 7) is 0. The van der Waals surface area contributed by atoms with E-state index in [1.54, 1.807) is 18.1 Å². The van der Waals surface area contributed by atoms with E-state index in [9.17, 15) is 0 Å². The highest BCUT2D eigenvalue weighted by atomic mass is 32.2. The number of hydrogen-bond donors (Lipinski definition) is 0. The summed E-state index contributed by atoms with van der Waals surface area (Å²) in [5.41, 5.74) is 2.51. The fourth-order valence-electron chi connectivity index (χ4n) is 1.61. The Hall–Kier alpha value is -1.35. The molecule has 0 radical (unpaired) electrons. The topological polar surface area (TPSA) is 25.8 Å². The molecule has 0 unspecified atom stereocenters. The van der Waals surface area contributed by atoms with Gasteiger partial charge >= 0.3 is 0 Å². The second-order valence-electron chi connectivity index (χ2n) is 3.22. The molecule has 1 aliphatic heterocycles. The van der Waals surface area contributed by atoms with Crippen LogP contribution in [0.5, 0.6) is 0 Å². The van der Waals surface area contributed by atoms with Crippen molar-refractivity contribution in [3.63, 3.8) is 0 Å². The van der Waals surface area contributed by atoms with Gasteiger partial charge in [0.1, 0.15) is 6.33 Å². The van der Waals surface area contributed by atoms with Gasteiger partial charge in [-0.1, -0.05) is 30.0 Å². The highest BCUT2D eigenvalue weighted by molar-refractivity contribution is 7.99. The van der Waals surface area contributed by atoms with E-state index in [4.69, 9.17) is 0 Å². The maximum Gasteiger partial charge on any atom is 0.115 e. The molecule has 2 aromatic rings. The molecule has 0 fully saturated rings. The van der Waals surface area contributed by atoms with Crippen molar-refractivity contribution in [1.29, 1.82) is 0 Å². The molecule has 1 aromatic heterocycles. The normalized spacial score (nSPS) is 13.1. The average molecular weight is 200 g/mol. The quantitative estimate of drug-likeness (QED) is 0.557. The third-order valence-corrected chi connectivity index (χ3v) is 3.49. The highest BCUT2D eigenvalue weighted by Gasteiger charge is 2.15. The molecule has 2 heterocycles. The summed E-state index contributed by atoms with van der Waals surface area (Å²) in [6.07, 6.45) is 4.44. The monoisotopic (exact) mass is 200 g/mol. The van der Waals surface area contributed by atoms with Crippen molar-refractivity contribution >= 4 is 11.8 Å². The zero-order valence-corrected chi connectivity index (χ0v) is 8.29. The van der Waals surface area contributed by atoms with E-state index >= 15 is 0 Å². The predicted octanol–water partition coefficient (Wildman–Crippen LogP) is 2.53. The largest absolute Gasteiger partial charge is 0.244 e. The van der Waals surface area contributed by atoms with E-state index in [2.05, 4.69) is 34.2 Å². The Kier molecular flexibility index (Phi) is 1.77. The fourth-order valence-corrected chi connectivity index (χ4v) is 2.62. The fraction of sp³-hybridized carbons (Fsp3) is 0.0909. The van der Waals surface area contributed by atoms with Crippen molar-refractivity contribution < 1.29 is 0 Å². The zero-order chi connectivity index (χ0) is 9.38. The van der Waals surface area contributed by atoms with Crippen LogP contribution in [-0.2, 0) is 6.42 Å². The lowest BCUT2D eigenvalue weighted by Gasteiger charge is -2.16. The molecule has 0 atom stereocenters. The molecule has 3 rings (SSSR count).